The van der Waals surface area contributed by atoms with Gasteiger partial charge >= 0.3 is 0 Å². The van der Waals surface area contributed by atoms with Gasteiger partial charge < -0.3 is 11.1 Å². The van der Waals surface area contributed by atoms with Gasteiger partial charge in [0.05, 0.1) is 5.66 Å². The van der Waals surface area contributed by atoms with Crippen LogP contribution < -0.4 is 11.1 Å². The lowest BCUT2D eigenvalue weighted by molar-refractivity contribution is 0.0810. The fraction of sp³-hybridized carbons (Fsp3) is 1.00. The van der Waals surface area contributed by atoms with Crippen LogP contribution in [0, 0.1) is 11.8 Å². The van der Waals surface area contributed by atoms with Gasteiger partial charge in [0, 0.05) is 0 Å². The molecule has 0 bridgehead atoms. The van der Waals surface area contributed by atoms with Crippen LogP contribution in [0.5, 0.6) is 0 Å². The molecular weight excluding hydrogens is 196 g/mol. The van der Waals surface area contributed by atoms with Gasteiger partial charge in [0.25, 0.3) is 0 Å². The van der Waals surface area contributed by atoms with Crippen LogP contribution in [0.4, 0.5) is 0 Å². The molecule has 2 aliphatic carbocycles. The Morgan fingerprint density at radius 2 is 1.19 bits per heavy atom. The first kappa shape index (κ1) is 12.4. The first-order valence-corrected chi connectivity index (χ1v) is 7.25. The van der Waals surface area contributed by atoms with Crippen LogP contribution in [0.1, 0.15) is 64.2 Å². The zero-order valence-corrected chi connectivity index (χ0v) is 10.8. The standard InChI is InChI=1S/C14H28N2/c1-16-14(15,12-8-4-2-5-9-12)13-10-6-3-7-11-13/h12-13,16H,2-11,15H2,1H3. The van der Waals surface area contributed by atoms with E-state index in [9.17, 15) is 0 Å². The van der Waals surface area contributed by atoms with E-state index in [2.05, 4.69) is 12.4 Å². The smallest absolute Gasteiger partial charge is 0.0717 e. The summed E-state index contributed by atoms with van der Waals surface area (Å²) in [5, 5.41) is 3.50. The van der Waals surface area contributed by atoms with Crippen molar-refractivity contribution in [1.82, 2.24) is 5.32 Å². The molecule has 0 spiro atoms. The minimum Gasteiger partial charge on any atom is -0.313 e. The van der Waals surface area contributed by atoms with Crippen molar-refractivity contribution in [3.8, 4) is 0 Å². The third-order valence-electron chi connectivity index (χ3n) is 4.99. The highest BCUT2D eigenvalue weighted by Gasteiger charge is 2.41. The van der Waals surface area contributed by atoms with E-state index in [-0.39, 0.29) is 5.66 Å². The van der Waals surface area contributed by atoms with Gasteiger partial charge in [-0.15, -0.1) is 0 Å². The highest BCUT2D eigenvalue weighted by molar-refractivity contribution is 4.95. The molecule has 0 heterocycles. The van der Waals surface area contributed by atoms with Gasteiger partial charge in [-0.05, 0) is 44.6 Å². The molecule has 0 saturated heterocycles. The Hall–Kier alpha value is -0.0800. The van der Waals surface area contributed by atoms with Crippen molar-refractivity contribution in [2.75, 3.05) is 7.05 Å². The predicted molar refractivity (Wildman–Crippen MR) is 69.1 cm³/mol. The SMILES string of the molecule is CNC(N)(C1CCCCC1)C1CCCCC1. The monoisotopic (exact) mass is 224 g/mol. The molecule has 2 aliphatic rings. The van der Waals surface area contributed by atoms with E-state index in [0.29, 0.717) is 11.8 Å². The summed E-state index contributed by atoms with van der Waals surface area (Å²) in [6.07, 6.45) is 13.7. The first-order valence-electron chi connectivity index (χ1n) is 7.25. The summed E-state index contributed by atoms with van der Waals surface area (Å²) < 4.78 is 0. The summed E-state index contributed by atoms with van der Waals surface area (Å²) in [7, 11) is 2.07. The lowest BCUT2D eigenvalue weighted by Crippen LogP contribution is -2.63. The van der Waals surface area contributed by atoms with E-state index in [4.69, 9.17) is 5.73 Å². The molecule has 0 aromatic heterocycles. The van der Waals surface area contributed by atoms with E-state index in [1.54, 1.807) is 0 Å². The molecule has 3 N–H and O–H groups in total. The molecule has 16 heavy (non-hydrogen) atoms. The lowest BCUT2D eigenvalue weighted by Gasteiger charge is -2.46. The molecule has 2 rings (SSSR count). The number of nitrogens with two attached hydrogens (primary N) is 1. The van der Waals surface area contributed by atoms with Crippen molar-refractivity contribution in [3.63, 3.8) is 0 Å². The second-order valence-electron chi connectivity index (χ2n) is 5.85. The Kier molecular flexibility index (Phi) is 4.26. The van der Waals surface area contributed by atoms with Crippen LogP contribution >= 0.6 is 0 Å². The summed E-state index contributed by atoms with van der Waals surface area (Å²) >= 11 is 0. The van der Waals surface area contributed by atoms with Gasteiger partial charge in [0.15, 0.2) is 0 Å². The quantitative estimate of drug-likeness (QED) is 0.723. The lowest BCUT2D eigenvalue weighted by atomic mass is 9.69. The van der Waals surface area contributed by atoms with Crippen molar-refractivity contribution in [3.05, 3.63) is 0 Å². The van der Waals surface area contributed by atoms with Gasteiger partial charge in [-0.25, -0.2) is 0 Å². The van der Waals surface area contributed by atoms with Crippen LogP contribution in [-0.4, -0.2) is 12.7 Å². The summed E-state index contributed by atoms with van der Waals surface area (Å²) in [6, 6.07) is 0. The summed E-state index contributed by atoms with van der Waals surface area (Å²) in [5.41, 5.74) is 6.67. The van der Waals surface area contributed by atoms with Crippen LogP contribution in [0.25, 0.3) is 0 Å². The largest absolute Gasteiger partial charge is 0.313 e. The molecule has 94 valence electrons. The third-order valence-corrected chi connectivity index (χ3v) is 4.99. The van der Waals surface area contributed by atoms with Crippen LogP contribution in [0.3, 0.4) is 0 Å². The Bertz CT molecular complexity index is 185. The first-order chi connectivity index (χ1) is 7.77. The number of hydrogen-bond acceptors (Lipinski definition) is 2. The van der Waals surface area contributed by atoms with Crippen molar-refractivity contribution in [2.45, 2.75) is 69.9 Å². The topological polar surface area (TPSA) is 38.0 Å². The van der Waals surface area contributed by atoms with Crippen LogP contribution in [0.15, 0.2) is 0 Å². The molecule has 2 heteroatoms. The summed E-state index contributed by atoms with van der Waals surface area (Å²) in [4.78, 5) is 0. The van der Waals surface area contributed by atoms with Gasteiger partial charge in [0.2, 0.25) is 0 Å². The minimum absolute atomic E-state index is 0.0686. The highest BCUT2D eigenvalue weighted by atomic mass is 15.1. The molecule has 2 fully saturated rings. The Labute approximate surface area is 100 Å². The molecule has 0 radical (unpaired) electrons. The Morgan fingerprint density at radius 1 is 0.812 bits per heavy atom. The predicted octanol–water partition coefficient (Wildman–Crippen LogP) is 3.02. The van der Waals surface area contributed by atoms with Gasteiger partial charge in [-0.2, -0.15) is 0 Å². The molecule has 2 nitrogen and oxygen atoms in total. The third kappa shape index (κ3) is 2.43. The molecule has 0 aliphatic heterocycles. The van der Waals surface area contributed by atoms with E-state index in [1.807, 2.05) is 0 Å². The average Bonchev–Trinajstić information content (AvgIpc) is 2.40. The summed E-state index contributed by atoms with van der Waals surface area (Å²) in [5.74, 6) is 1.43. The highest BCUT2D eigenvalue weighted by Crippen LogP contribution is 2.39. The second kappa shape index (κ2) is 5.50. The molecular formula is C14H28N2. The maximum absolute atomic E-state index is 6.74. The zero-order chi connectivity index (χ0) is 11.4. The molecule has 0 amide bonds. The molecule has 0 unspecified atom stereocenters. The van der Waals surface area contributed by atoms with Crippen molar-refractivity contribution >= 4 is 0 Å². The molecule has 2 saturated carbocycles. The number of nitrogens with one attached hydrogen (secondary N) is 1. The average molecular weight is 224 g/mol. The van der Waals surface area contributed by atoms with Gasteiger partial charge in [0.1, 0.15) is 0 Å². The van der Waals surface area contributed by atoms with E-state index in [0.717, 1.165) is 0 Å². The zero-order valence-electron chi connectivity index (χ0n) is 10.8. The molecule has 0 aromatic carbocycles. The van der Waals surface area contributed by atoms with Crippen molar-refractivity contribution < 1.29 is 0 Å². The van der Waals surface area contributed by atoms with Crippen molar-refractivity contribution in [2.24, 2.45) is 17.6 Å². The van der Waals surface area contributed by atoms with Gasteiger partial charge in [-0.1, -0.05) is 38.5 Å². The Morgan fingerprint density at radius 3 is 1.50 bits per heavy atom. The fourth-order valence-corrected chi connectivity index (χ4v) is 3.90. The maximum Gasteiger partial charge on any atom is 0.0717 e. The van der Waals surface area contributed by atoms with Crippen LogP contribution in [0.2, 0.25) is 0 Å². The second-order valence-corrected chi connectivity index (χ2v) is 5.85. The van der Waals surface area contributed by atoms with E-state index < -0.39 is 0 Å². The van der Waals surface area contributed by atoms with Crippen LogP contribution in [-0.2, 0) is 0 Å². The fourth-order valence-electron chi connectivity index (χ4n) is 3.90. The minimum atomic E-state index is -0.0686. The van der Waals surface area contributed by atoms with E-state index >= 15 is 0 Å². The van der Waals surface area contributed by atoms with Crippen molar-refractivity contribution in [1.29, 1.82) is 0 Å². The Balaban J connectivity index is 2.03. The maximum atomic E-state index is 6.74. The van der Waals surface area contributed by atoms with E-state index in [1.165, 1.54) is 64.2 Å². The molecule has 0 atom stereocenters. The normalized spacial score (nSPS) is 25.9. The summed E-state index contributed by atoms with van der Waals surface area (Å²) in [6.45, 7) is 0. The number of rotatable bonds is 3. The van der Waals surface area contributed by atoms with Gasteiger partial charge in [-0.3, -0.25) is 0 Å². The molecule has 0 aromatic rings. The number of hydrogen-bond donors (Lipinski definition) is 2.